The van der Waals surface area contributed by atoms with Crippen LogP contribution in [0.1, 0.15) is 5.56 Å². The van der Waals surface area contributed by atoms with Crippen LogP contribution in [0.25, 0.3) is 10.4 Å². The Morgan fingerprint density at radius 3 is 2.50 bits per heavy atom. The van der Waals surface area contributed by atoms with Gasteiger partial charge in [-0.2, -0.15) is 5.26 Å². The first-order valence-electron chi connectivity index (χ1n) is 4.34. The first-order valence-corrected chi connectivity index (χ1v) is 5.99. The molecule has 82 valence electrons. The van der Waals surface area contributed by atoms with Crippen LogP contribution in [0.3, 0.4) is 0 Å². The zero-order chi connectivity index (χ0) is 12.0. The van der Waals surface area contributed by atoms with Gasteiger partial charge in [0.15, 0.2) is 9.84 Å². The van der Waals surface area contributed by atoms with E-state index in [0.29, 0.717) is 5.56 Å². The van der Waals surface area contributed by atoms with Crippen LogP contribution in [0.15, 0.2) is 34.3 Å². The fourth-order valence-electron chi connectivity index (χ4n) is 1.06. The van der Waals surface area contributed by atoms with Gasteiger partial charge >= 0.3 is 0 Å². The Hall–Kier alpha value is -2.03. The van der Waals surface area contributed by atoms with Crippen LogP contribution in [-0.2, 0) is 9.84 Å². The minimum absolute atomic E-state index is 0.0984. The largest absolute Gasteiger partial charge is 0.224 e. The predicted molar refractivity (Wildman–Crippen MR) is 57.2 cm³/mol. The Morgan fingerprint density at radius 2 is 2.00 bits per heavy atom. The molecule has 0 saturated carbocycles. The molecule has 1 aromatic carbocycles. The Kier molecular flexibility index (Phi) is 3.89. The molecule has 0 radical (unpaired) electrons. The molecule has 0 fully saturated rings. The summed E-state index contributed by atoms with van der Waals surface area (Å²) in [5.41, 5.74) is 8.43. The van der Waals surface area contributed by atoms with Gasteiger partial charge in [-0.15, -0.1) is 0 Å². The smallest absolute Gasteiger partial charge is 0.178 e. The molecule has 7 heteroatoms. The lowest BCUT2D eigenvalue weighted by atomic mass is 10.2. The van der Waals surface area contributed by atoms with Crippen LogP contribution >= 0.6 is 0 Å². The van der Waals surface area contributed by atoms with Crippen molar-refractivity contribution < 1.29 is 8.42 Å². The lowest BCUT2D eigenvalue weighted by Gasteiger charge is -2.01. The van der Waals surface area contributed by atoms with E-state index < -0.39 is 9.84 Å². The molecule has 0 atom stereocenters. The first-order chi connectivity index (χ1) is 7.60. The summed E-state index contributed by atoms with van der Waals surface area (Å²) >= 11 is 0. The van der Waals surface area contributed by atoms with Gasteiger partial charge in [0.1, 0.15) is 0 Å². The van der Waals surface area contributed by atoms with E-state index in [0.717, 1.165) is 0 Å². The fourth-order valence-corrected chi connectivity index (χ4v) is 2.17. The van der Waals surface area contributed by atoms with Crippen LogP contribution in [0.5, 0.6) is 0 Å². The lowest BCUT2D eigenvalue weighted by Crippen LogP contribution is -2.08. The van der Waals surface area contributed by atoms with Gasteiger partial charge in [-0.25, -0.2) is 8.42 Å². The molecule has 6 nitrogen and oxygen atoms in total. The first kappa shape index (κ1) is 12.0. The van der Waals surface area contributed by atoms with Gasteiger partial charge < -0.3 is 0 Å². The van der Waals surface area contributed by atoms with Crippen molar-refractivity contribution in [3.63, 3.8) is 0 Å². The molecular formula is C9H8N4O2S. The van der Waals surface area contributed by atoms with Gasteiger partial charge in [0, 0.05) is 11.5 Å². The maximum atomic E-state index is 11.6. The van der Waals surface area contributed by atoms with E-state index in [1.807, 2.05) is 6.07 Å². The summed E-state index contributed by atoms with van der Waals surface area (Å²) in [4.78, 5) is 2.60. The molecule has 1 rings (SSSR count). The minimum Gasteiger partial charge on any atom is -0.224 e. The molecule has 0 bridgehead atoms. The maximum Gasteiger partial charge on any atom is 0.178 e. The Balaban J connectivity index is 2.90. The van der Waals surface area contributed by atoms with E-state index in [1.54, 1.807) is 0 Å². The number of hydrogen-bond donors (Lipinski definition) is 0. The van der Waals surface area contributed by atoms with Crippen molar-refractivity contribution in [3.8, 4) is 6.07 Å². The Labute approximate surface area is 92.7 Å². The monoisotopic (exact) mass is 236 g/mol. The third kappa shape index (κ3) is 2.98. The predicted octanol–water partition coefficient (Wildman–Crippen LogP) is 1.64. The lowest BCUT2D eigenvalue weighted by molar-refractivity contribution is 0.596. The zero-order valence-corrected chi connectivity index (χ0v) is 9.05. The average molecular weight is 236 g/mol. The van der Waals surface area contributed by atoms with E-state index in [-0.39, 0.29) is 17.2 Å². The van der Waals surface area contributed by atoms with Crippen molar-refractivity contribution in [1.29, 1.82) is 5.26 Å². The number of nitriles is 1. The fraction of sp³-hybridized carbons (Fsp3) is 0.222. The molecule has 16 heavy (non-hydrogen) atoms. The molecule has 0 aliphatic heterocycles. The number of nitrogens with zero attached hydrogens (tertiary/aromatic N) is 4. The van der Waals surface area contributed by atoms with E-state index in [1.165, 1.54) is 24.3 Å². The number of azide groups is 1. The number of sulfone groups is 1. The van der Waals surface area contributed by atoms with Crippen LogP contribution in [0.2, 0.25) is 0 Å². The van der Waals surface area contributed by atoms with E-state index in [9.17, 15) is 8.42 Å². The molecular weight excluding hydrogens is 228 g/mol. The molecule has 0 aliphatic carbocycles. The summed E-state index contributed by atoms with van der Waals surface area (Å²) in [6.07, 6.45) is 0. The zero-order valence-electron chi connectivity index (χ0n) is 8.24. The highest BCUT2D eigenvalue weighted by Gasteiger charge is 2.12. The molecule has 0 aromatic heterocycles. The van der Waals surface area contributed by atoms with Crippen molar-refractivity contribution in [2.45, 2.75) is 4.90 Å². The standard InChI is InChI=1S/C9H8N4O2S/c10-7-8-1-3-9(4-2-8)16(14,15)6-5-12-13-11/h1-4H,5-6H2. The highest BCUT2D eigenvalue weighted by Crippen LogP contribution is 2.11. The van der Waals surface area contributed by atoms with Crippen molar-refractivity contribution in [1.82, 2.24) is 0 Å². The number of benzene rings is 1. The highest BCUT2D eigenvalue weighted by atomic mass is 32.2. The van der Waals surface area contributed by atoms with Crippen molar-refractivity contribution in [2.24, 2.45) is 5.11 Å². The van der Waals surface area contributed by atoms with Gasteiger partial charge in [-0.1, -0.05) is 5.11 Å². The molecule has 0 N–H and O–H groups in total. The van der Waals surface area contributed by atoms with Crippen LogP contribution in [-0.4, -0.2) is 20.7 Å². The Bertz CT molecular complexity index is 550. The van der Waals surface area contributed by atoms with Gasteiger partial charge in [0.05, 0.1) is 22.3 Å². The van der Waals surface area contributed by atoms with Gasteiger partial charge in [0.2, 0.25) is 0 Å². The third-order valence-corrected chi connectivity index (χ3v) is 3.58. The maximum absolute atomic E-state index is 11.6. The summed E-state index contributed by atoms with van der Waals surface area (Å²) in [6.45, 7) is -0.0984. The average Bonchev–Trinajstić information content (AvgIpc) is 2.29. The molecule has 0 heterocycles. The Morgan fingerprint density at radius 1 is 1.38 bits per heavy atom. The summed E-state index contributed by atoms with van der Waals surface area (Å²) in [5, 5.41) is 11.7. The van der Waals surface area contributed by atoms with Crippen molar-refractivity contribution in [2.75, 3.05) is 12.3 Å². The molecule has 0 spiro atoms. The topological polar surface area (TPSA) is 107 Å². The van der Waals surface area contributed by atoms with E-state index >= 15 is 0 Å². The molecule has 0 amide bonds. The van der Waals surface area contributed by atoms with Gasteiger partial charge in [-0.05, 0) is 29.8 Å². The SMILES string of the molecule is N#Cc1ccc(S(=O)(=O)CCN=[N+]=[N-])cc1. The highest BCUT2D eigenvalue weighted by molar-refractivity contribution is 7.91. The number of hydrogen-bond acceptors (Lipinski definition) is 4. The molecule has 1 aromatic rings. The second kappa shape index (κ2) is 5.16. The second-order valence-corrected chi connectivity index (χ2v) is 5.02. The molecule has 0 unspecified atom stereocenters. The third-order valence-electron chi connectivity index (χ3n) is 1.87. The van der Waals surface area contributed by atoms with Crippen LogP contribution in [0, 0.1) is 11.3 Å². The van der Waals surface area contributed by atoms with Gasteiger partial charge in [0.25, 0.3) is 0 Å². The summed E-state index contributed by atoms with van der Waals surface area (Å²) < 4.78 is 23.3. The summed E-state index contributed by atoms with van der Waals surface area (Å²) in [6, 6.07) is 7.49. The molecule has 0 aliphatic rings. The quantitative estimate of drug-likeness (QED) is 0.450. The normalized spacial score (nSPS) is 10.2. The summed E-state index contributed by atoms with van der Waals surface area (Å²) in [5.74, 6) is -0.233. The van der Waals surface area contributed by atoms with Crippen LogP contribution < -0.4 is 0 Å². The van der Waals surface area contributed by atoms with E-state index in [2.05, 4.69) is 10.0 Å². The second-order valence-electron chi connectivity index (χ2n) is 2.91. The minimum atomic E-state index is -3.43. The van der Waals surface area contributed by atoms with Gasteiger partial charge in [-0.3, -0.25) is 0 Å². The van der Waals surface area contributed by atoms with Crippen LogP contribution in [0.4, 0.5) is 0 Å². The summed E-state index contributed by atoms with van der Waals surface area (Å²) in [7, 11) is -3.43. The molecule has 0 saturated heterocycles. The van der Waals surface area contributed by atoms with Crippen molar-refractivity contribution in [3.05, 3.63) is 40.3 Å². The van der Waals surface area contributed by atoms with E-state index in [4.69, 9.17) is 10.8 Å². The van der Waals surface area contributed by atoms with Crippen molar-refractivity contribution >= 4 is 9.84 Å². The number of rotatable bonds is 4.